The van der Waals surface area contributed by atoms with Gasteiger partial charge in [-0.1, -0.05) is 25.4 Å². The number of hydrogen-bond acceptors (Lipinski definition) is 3. The second kappa shape index (κ2) is 8.01. The number of nitrogens with zero attached hydrogens (tertiary/aromatic N) is 1. The lowest BCUT2D eigenvalue weighted by atomic mass is 10.1. The Kier molecular flexibility index (Phi) is 6.03. The van der Waals surface area contributed by atoms with E-state index < -0.39 is 0 Å². The first-order valence-electron chi connectivity index (χ1n) is 7.33. The Morgan fingerprint density at radius 2 is 2.00 bits per heavy atom. The van der Waals surface area contributed by atoms with Gasteiger partial charge in [-0.3, -0.25) is 4.98 Å². The van der Waals surface area contributed by atoms with Gasteiger partial charge in [-0.2, -0.15) is 0 Å². The van der Waals surface area contributed by atoms with E-state index in [0.29, 0.717) is 0 Å². The van der Waals surface area contributed by atoms with Crippen LogP contribution in [-0.2, 0) is 13.0 Å². The molecule has 4 heteroatoms. The zero-order valence-electron chi connectivity index (χ0n) is 12.5. The van der Waals surface area contributed by atoms with Crippen molar-refractivity contribution in [1.82, 2.24) is 10.3 Å². The van der Waals surface area contributed by atoms with E-state index in [2.05, 4.69) is 24.1 Å². The fourth-order valence-electron chi connectivity index (χ4n) is 2.05. The van der Waals surface area contributed by atoms with Crippen LogP contribution in [0.1, 0.15) is 31.4 Å². The summed E-state index contributed by atoms with van der Waals surface area (Å²) in [5.41, 5.74) is 2.20. The van der Waals surface area contributed by atoms with Gasteiger partial charge in [0.25, 0.3) is 0 Å². The number of aryl methyl sites for hydroxylation is 1. The molecule has 0 radical (unpaired) electrons. The molecule has 0 saturated carbocycles. The van der Waals surface area contributed by atoms with Gasteiger partial charge in [0.1, 0.15) is 11.5 Å². The average molecular weight is 305 g/mol. The molecule has 0 saturated heterocycles. The Balaban J connectivity index is 2.07. The van der Waals surface area contributed by atoms with Gasteiger partial charge < -0.3 is 10.1 Å². The van der Waals surface area contributed by atoms with Gasteiger partial charge in [0, 0.05) is 17.8 Å². The van der Waals surface area contributed by atoms with Crippen molar-refractivity contribution in [3.05, 3.63) is 52.8 Å². The van der Waals surface area contributed by atoms with E-state index in [9.17, 15) is 0 Å². The van der Waals surface area contributed by atoms with Crippen LogP contribution in [0.15, 0.2) is 36.7 Å². The molecule has 0 aliphatic rings. The first-order chi connectivity index (χ1) is 10.2. The van der Waals surface area contributed by atoms with Crippen LogP contribution in [0, 0.1) is 0 Å². The highest BCUT2D eigenvalue weighted by atomic mass is 35.5. The maximum atomic E-state index is 6.12. The van der Waals surface area contributed by atoms with Crippen molar-refractivity contribution < 1.29 is 4.74 Å². The SMILES string of the molecule is CCCNCc1cncc(Oc2ccc(Cl)c(CC)c2)c1. The zero-order valence-corrected chi connectivity index (χ0v) is 13.3. The topological polar surface area (TPSA) is 34.2 Å². The smallest absolute Gasteiger partial charge is 0.146 e. The van der Waals surface area contributed by atoms with Gasteiger partial charge in [0.15, 0.2) is 0 Å². The molecule has 3 nitrogen and oxygen atoms in total. The Hall–Kier alpha value is -1.58. The van der Waals surface area contributed by atoms with Crippen LogP contribution in [0.2, 0.25) is 5.02 Å². The standard InChI is InChI=1S/C17H21ClN2O/c1-3-7-19-10-13-8-16(12-20-11-13)21-15-5-6-17(18)14(4-2)9-15/h5-6,8-9,11-12,19H,3-4,7,10H2,1-2H3. The molecule has 0 unspecified atom stereocenters. The maximum Gasteiger partial charge on any atom is 0.146 e. The van der Waals surface area contributed by atoms with Gasteiger partial charge in [0.05, 0.1) is 6.20 Å². The molecule has 0 aliphatic heterocycles. The van der Waals surface area contributed by atoms with Gasteiger partial charge in [0.2, 0.25) is 0 Å². The molecule has 1 N–H and O–H groups in total. The van der Waals surface area contributed by atoms with E-state index in [4.69, 9.17) is 16.3 Å². The lowest BCUT2D eigenvalue weighted by Gasteiger charge is -2.09. The summed E-state index contributed by atoms with van der Waals surface area (Å²) in [5, 5.41) is 4.13. The molecule has 0 aliphatic carbocycles. The monoisotopic (exact) mass is 304 g/mol. The van der Waals surface area contributed by atoms with Crippen molar-refractivity contribution in [3.8, 4) is 11.5 Å². The normalized spacial score (nSPS) is 10.6. The van der Waals surface area contributed by atoms with Gasteiger partial charge in [-0.05, 0) is 54.8 Å². The number of hydrogen-bond donors (Lipinski definition) is 1. The van der Waals surface area contributed by atoms with Gasteiger partial charge in [-0.15, -0.1) is 0 Å². The number of benzene rings is 1. The summed E-state index contributed by atoms with van der Waals surface area (Å²) >= 11 is 6.12. The Labute approximate surface area is 131 Å². The van der Waals surface area contributed by atoms with E-state index in [0.717, 1.165) is 53.6 Å². The molecule has 0 fully saturated rings. The molecule has 1 aromatic carbocycles. The van der Waals surface area contributed by atoms with Crippen molar-refractivity contribution in [2.45, 2.75) is 33.2 Å². The summed E-state index contributed by atoms with van der Waals surface area (Å²) < 4.78 is 5.87. The molecule has 0 spiro atoms. The molecular formula is C17H21ClN2O. The molecule has 1 heterocycles. The summed E-state index contributed by atoms with van der Waals surface area (Å²) in [6, 6.07) is 7.74. The molecule has 1 aromatic heterocycles. The summed E-state index contributed by atoms with van der Waals surface area (Å²) in [5.74, 6) is 1.53. The van der Waals surface area contributed by atoms with Crippen LogP contribution in [0.5, 0.6) is 11.5 Å². The van der Waals surface area contributed by atoms with Crippen LogP contribution in [0.3, 0.4) is 0 Å². The minimum Gasteiger partial charge on any atom is -0.456 e. The molecule has 2 aromatic rings. The lowest BCUT2D eigenvalue weighted by molar-refractivity contribution is 0.478. The third-order valence-electron chi connectivity index (χ3n) is 3.16. The first kappa shape index (κ1) is 15.8. The number of ether oxygens (including phenoxy) is 1. The fourth-order valence-corrected chi connectivity index (χ4v) is 2.30. The van der Waals surface area contributed by atoms with Crippen molar-refractivity contribution in [3.63, 3.8) is 0 Å². The second-order valence-corrected chi connectivity index (χ2v) is 5.32. The van der Waals surface area contributed by atoms with E-state index in [1.54, 1.807) is 6.20 Å². The number of halogens is 1. The predicted molar refractivity (Wildman–Crippen MR) is 87.1 cm³/mol. The molecule has 0 atom stereocenters. The summed E-state index contributed by atoms with van der Waals surface area (Å²) in [7, 11) is 0. The van der Waals surface area contributed by atoms with Crippen molar-refractivity contribution in [2.75, 3.05) is 6.54 Å². The molecule has 2 rings (SSSR count). The maximum absolute atomic E-state index is 6.12. The fraction of sp³-hybridized carbons (Fsp3) is 0.353. The van der Waals surface area contributed by atoms with Crippen molar-refractivity contribution >= 4 is 11.6 Å². The molecule has 0 amide bonds. The van der Waals surface area contributed by atoms with E-state index >= 15 is 0 Å². The van der Waals surface area contributed by atoms with Gasteiger partial charge in [-0.25, -0.2) is 0 Å². The molecule has 0 bridgehead atoms. The quantitative estimate of drug-likeness (QED) is 0.760. The highest BCUT2D eigenvalue weighted by Gasteiger charge is 2.04. The summed E-state index contributed by atoms with van der Waals surface area (Å²) in [6.07, 6.45) is 5.59. The van der Waals surface area contributed by atoms with Gasteiger partial charge >= 0.3 is 0 Å². The number of nitrogens with one attached hydrogen (secondary N) is 1. The highest BCUT2D eigenvalue weighted by Crippen LogP contribution is 2.26. The van der Waals surface area contributed by atoms with Crippen LogP contribution in [0.4, 0.5) is 0 Å². The summed E-state index contributed by atoms with van der Waals surface area (Å²) in [6.45, 7) is 6.03. The molecular weight excluding hydrogens is 284 g/mol. The van der Waals surface area contributed by atoms with Crippen LogP contribution < -0.4 is 10.1 Å². The highest BCUT2D eigenvalue weighted by molar-refractivity contribution is 6.31. The predicted octanol–water partition coefficient (Wildman–Crippen LogP) is 4.59. The van der Waals surface area contributed by atoms with Crippen LogP contribution in [0.25, 0.3) is 0 Å². The van der Waals surface area contributed by atoms with Crippen LogP contribution in [-0.4, -0.2) is 11.5 Å². The third kappa shape index (κ3) is 4.73. The van der Waals surface area contributed by atoms with E-state index in [1.165, 1.54) is 0 Å². The minimum absolute atomic E-state index is 0.746. The molecule has 21 heavy (non-hydrogen) atoms. The second-order valence-electron chi connectivity index (χ2n) is 4.91. The van der Waals surface area contributed by atoms with Crippen LogP contribution >= 0.6 is 11.6 Å². The zero-order chi connectivity index (χ0) is 15.1. The Morgan fingerprint density at radius 3 is 2.76 bits per heavy atom. The molecule has 112 valence electrons. The number of aromatic nitrogens is 1. The average Bonchev–Trinajstić information content (AvgIpc) is 2.50. The van der Waals surface area contributed by atoms with E-state index in [-0.39, 0.29) is 0 Å². The third-order valence-corrected chi connectivity index (χ3v) is 3.53. The Morgan fingerprint density at radius 1 is 1.14 bits per heavy atom. The minimum atomic E-state index is 0.746. The number of rotatable bonds is 7. The first-order valence-corrected chi connectivity index (χ1v) is 7.71. The largest absolute Gasteiger partial charge is 0.456 e. The van der Waals surface area contributed by atoms with Crippen molar-refractivity contribution in [1.29, 1.82) is 0 Å². The van der Waals surface area contributed by atoms with Crippen molar-refractivity contribution in [2.24, 2.45) is 0 Å². The van der Waals surface area contributed by atoms with E-state index in [1.807, 2.05) is 30.5 Å². The Bertz CT molecular complexity index is 587. The summed E-state index contributed by atoms with van der Waals surface area (Å²) in [4.78, 5) is 4.23. The number of pyridine rings is 1. The lowest BCUT2D eigenvalue weighted by Crippen LogP contribution is -2.13.